The van der Waals surface area contributed by atoms with E-state index in [1.54, 1.807) is 13.0 Å². The molecule has 0 heterocycles. The van der Waals surface area contributed by atoms with Gasteiger partial charge >= 0.3 is 5.91 Å². The van der Waals surface area contributed by atoms with Crippen LogP contribution in [0.25, 0.3) is 6.08 Å². The van der Waals surface area contributed by atoms with Crippen LogP contribution in [-0.2, 0) is 9.59 Å². The van der Waals surface area contributed by atoms with Gasteiger partial charge in [-0.15, -0.1) is 0 Å². The van der Waals surface area contributed by atoms with E-state index in [-0.39, 0.29) is 0 Å². The van der Waals surface area contributed by atoms with Crippen molar-refractivity contribution in [2.45, 2.75) is 6.92 Å². The van der Waals surface area contributed by atoms with Crippen LogP contribution in [0, 0.1) is 12.0 Å². The molecule has 0 aliphatic rings. The lowest BCUT2D eigenvalue weighted by molar-refractivity contribution is -0.134. The number of ketones is 1. The van der Waals surface area contributed by atoms with Crippen molar-refractivity contribution in [3.05, 3.63) is 42.0 Å². The minimum Gasteiger partial charge on any atom is -0.284 e. The first-order valence-electron chi connectivity index (χ1n) is 4.73. The molecule has 1 N–H and O–H groups in total. The highest BCUT2D eigenvalue weighted by molar-refractivity contribution is 6.41. The summed E-state index contributed by atoms with van der Waals surface area (Å²) in [6, 6.07) is 11.6. The Bertz CT molecular complexity index is 464. The number of carbonyl (C=O) groups is 2. The molecule has 80 valence electrons. The quantitative estimate of drug-likeness (QED) is 0.357. The third kappa shape index (κ3) is 3.81. The summed E-state index contributed by atoms with van der Waals surface area (Å²) in [5, 5.41) is 2.17. The van der Waals surface area contributed by atoms with Gasteiger partial charge in [0.05, 0.1) is 0 Å². The number of nitrogens with one attached hydrogen (secondary N) is 1. The molecular weight excluding hydrogens is 202 g/mol. The van der Waals surface area contributed by atoms with E-state index in [1.807, 2.05) is 30.3 Å². The molecule has 1 rings (SSSR count). The van der Waals surface area contributed by atoms with Gasteiger partial charge in [-0.3, -0.25) is 14.9 Å². The van der Waals surface area contributed by atoms with Crippen LogP contribution in [0.1, 0.15) is 12.5 Å². The second-order valence-corrected chi connectivity index (χ2v) is 2.94. The van der Waals surface area contributed by atoms with Crippen molar-refractivity contribution < 1.29 is 9.59 Å². The Labute approximate surface area is 94.2 Å². The molecular formula is C13H11NO2. The lowest BCUT2D eigenvalue weighted by Gasteiger charge is -1.92. The van der Waals surface area contributed by atoms with Gasteiger partial charge in [-0.2, -0.15) is 0 Å². The van der Waals surface area contributed by atoms with Gasteiger partial charge in [-0.05, 0) is 18.6 Å². The van der Waals surface area contributed by atoms with Crippen LogP contribution in [0.3, 0.4) is 0 Å². The lowest BCUT2D eigenvalue weighted by Crippen LogP contribution is -2.25. The number of amides is 1. The van der Waals surface area contributed by atoms with E-state index in [0.29, 0.717) is 0 Å². The molecule has 0 aliphatic heterocycles. The SMILES string of the molecule is CC#CNC(=O)C(=O)/C=C/c1ccccc1. The van der Waals surface area contributed by atoms with Crippen molar-refractivity contribution in [2.24, 2.45) is 0 Å². The summed E-state index contributed by atoms with van der Waals surface area (Å²) in [6.45, 7) is 1.57. The van der Waals surface area contributed by atoms with Gasteiger partial charge in [0.2, 0.25) is 5.78 Å². The molecule has 0 aromatic heterocycles. The van der Waals surface area contributed by atoms with E-state index < -0.39 is 11.7 Å². The van der Waals surface area contributed by atoms with E-state index in [2.05, 4.69) is 17.3 Å². The molecule has 0 aliphatic carbocycles. The van der Waals surface area contributed by atoms with Gasteiger partial charge < -0.3 is 0 Å². The molecule has 1 amide bonds. The average molecular weight is 213 g/mol. The highest BCUT2D eigenvalue weighted by Crippen LogP contribution is 2.00. The van der Waals surface area contributed by atoms with Crippen LogP contribution in [0.15, 0.2) is 36.4 Å². The van der Waals surface area contributed by atoms with Crippen molar-refractivity contribution >= 4 is 17.8 Å². The molecule has 0 radical (unpaired) electrons. The topological polar surface area (TPSA) is 46.2 Å². The third-order valence-electron chi connectivity index (χ3n) is 1.75. The van der Waals surface area contributed by atoms with Gasteiger partial charge in [0.25, 0.3) is 0 Å². The fourth-order valence-corrected chi connectivity index (χ4v) is 0.993. The molecule has 0 saturated carbocycles. The van der Waals surface area contributed by atoms with Crippen molar-refractivity contribution in [1.29, 1.82) is 0 Å². The summed E-state index contributed by atoms with van der Waals surface area (Å²) in [6.07, 6.45) is 2.81. The second-order valence-electron chi connectivity index (χ2n) is 2.94. The smallest absolute Gasteiger partial charge is 0.284 e. The monoisotopic (exact) mass is 213 g/mol. The molecule has 3 heteroatoms. The van der Waals surface area contributed by atoms with Crippen LogP contribution in [0.4, 0.5) is 0 Å². The Balaban J connectivity index is 2.60. The molecule has 3 nitrogen and oxygen atoms in total. The molecule has 0 spiro atoms. The Morgan fingerprint density at radius 2 is 1.94 bits per heavy atom. The van der Waals surface area contributed by atoms with E-state index in [9.17, 15) is 9.59 Å². The minimum atomic E-state index is -0.721. The summed E-state index contributed by atoms with van der Waals surface area (Å²) in [7, 11) is 0. The van der Waals surface area contributed by atoms with E-state index in [1.165, 1.54) is 6.08 Å². The molecule has 0 fully saturated rings. The van der Waals surface area contributed by atoms with Crippen LogP contribution in [0.5, 0.6) is 0 Å². The first-order chi connectivity index (χ1) is 7.74. The van der Waals surface area contributed by atoms with Gasteiger partial charge in [-0.25, -0.2) is 0 Å². The second kappa shape index (κ2) is 6.20. The summed E-state index contributed by atoms with van der Waals surface area (Å²) >= 11 is 0. The third-order valence-corrected chi connectivity index (χ3v) is 1.75. The molecule has 1 aromatic carbocycles. The van der Waals surface area contributed by atoms with E-state index >= 15 is 0 Å². The fourth-order valence-electron chi connectivity index (χ4n) is 0.993. The van der Waals surface area contributed by atoms with Gasteiger partial charge in [0.1, 0.15) is 0 Å². The van der Waals surface area contributed by atoms with Crippen LogP contribution in [-0.4, -0.2) is 11.7 Å². The fraction of sp³-hybridized carbons (Fsp3) is 0.0769. The van der Waals surface area contributed by atoms with Crippen molar-refractivity contribution in [1.82, 2.24) is 5.32 Å². The highest BCUT2D eigenvalue weighted by atomic mass is 16.2. The van der Waals surface area contributed by atoms with Crippen LogP contribution in [0.2, 0.25) is 0 Å². The van der Waals surface area contributed by atoms with Gasteiger partial charge in [-0.1, -0.05) is 42.3 Å². The van der Waals surface area contributed by atoms with Crippen molar-refractivity contribution in [2.75, 3.05) is 0 Å². The minimum absolute atomic E-state index is 0.619. The predicted molar refractivity (Wildman–Crippen MR) is 62.1 cm³/mol. The van der Waals surface area contributed by atoms with Gasteiger partial charge in [0, 0.05) is 6.04 Å². The number of hydrogen-bond donors (Lipinski definition) is 1. The molecule has 0 saturated heterocycles. The van der Waals surface area contributed by atoms with Crippen molar-refractivity contribution in [3.63, 3.8) is 0 Å². The Hall–Kier alpha value is -2.34. The maximum Gasteiger partial charge on any atom is 0.303 e. The summed E-state index contributed by atoms with van der Waals surface area (Å²) in [5.41, 5.74) is 0.866. The highest BCUT2D eigenvalue weighted by Gasteiger charge is 2.07. The molecule has 0 bridgehead atoms. The number of carbonyl (C=O) groups excluding carboxylic acids is 2. The molecule has 0 unspecified atom stereocenters. The maximum atomic E-state index is 11.3. The molecule has 16 heavy (non-hydrogen) atoms. The average Bonchev–Trinajstić information content (AvgIpc) is 2.34. The summed E-state index contributed by atoms with van der Waals surface area (Å²) in [5.74, 6) is 1.13. The zero-order chi connectivity index (χ0) is 11.8. The Morgan fingerprint density at radius 3 is 2.56 bits per heavy atom. The zero-order valence-corrected chi connectivity index (χ0v) is 8.86. The predicted octanol–water partition coefficient (Wildman–Crippen LogP) is 1.37. The Kier molecular flexibility index (Phi) is 4.55. The number of rotatable bonds is 3. The number of benzene rings is 1. The first-order valence-corrected chi connectivity index (χ1v) is 4.73. The van der Waals surface area contributed by atoms with Crippen LogP contribution >= 0.6 is 0 Å². The number of hydrogen-bond acceptors (Lipinski definition) is 2. The largest absolute Gasteiger partial charge is 0.303 e. The Morgan fingerprint density at radius 1 is 1.25 bits per heavy atom. The lowest BCUT2D eigenvalue weighted by atomic mass is 10.2. The van der Waals surface area contributed by atoms with E-state index in [4.69, 9.17) is 0 Å². The van der Waals surface area contributed by atoms with Crippen molar-refractivity contribution in [3.8, 4) is 12.0 Å². The first kappa shape index (κ1) is 11.7. The normalized spacial score (nSPS) is 9.31. The summed E-state index contributed by atoms with van der Waals surface area (Å²) in [4.78, 5) is 22.4. The maximum absolute atomic E-state index is 11.3. The van der Waals surface area contributed by atoms with E-state index in [0.717, 1.165) is 5.56 Å². The van der Waals surface area contributed by atoms with Gasteiger partial charge in [0.15, 0.2) is 0 Å². The zero-order valence-electron chi connectivity index (χ0n) is 8.86. The molecule has 0 atom stereocenters. The van der Waals surface area contributed by atoms with Crippen LogP contribution < -0.4 is 5.32 Å². The molecule has 1 aromatic rings. The summed E-state index contributed by atoms with van der Waals surface area (Å²) < 4.78 is 0. The standard InChI is InChI=1S/C13H11NO2/c1-2-10-14-13(16)12(15)9-8-11-6-4-3-5-7-11/h3-9H,1H3,(H,14,16)/b9-8+.